The van der Waals surface area contributed by atoms with Crippen molar-refractivity contribution >= 4 is 21.9 Å². The van der Waals surface area contributed by atoms with Crippen molar-refractivity contribution in [3.05, 3.63) is 83.4 Å². The molecule has 3 aromatic carbocycles. The molecule has 6 nitrogen and oxygen atoms in total. The summed E-state index contributed by atoms with van der Waals surface area (Å²) in [4.78, 5) is 4.53. The Bertz CT molecular complexity index is 1110. The van der Waals surface area contributed by atoms with Crippen molar-refractivity contribution in [1.29, 1.82) is 0 Å². The minimum absolute atomic E-state index is 0.0652. The van der Waals surface area contributed by atoms with E-state index in [2.05, 4.69) is 9.71 Å². The van der Waals surface area contributed by atoms with E-state index in [0.717, 1.165) is 5.56 Å². The third kappa shape index (κ3) is 4.57. The van der Waals surface area contributed by atoms with Gasteiger partial charge in [0.2, 0.25) is 10.0 Å². The third-order valence-corrected chi connectivity index (χ3v) is 5.58. The quantitative estimate of drug-likeness (QED) is 0.438. The summed E-state index contributed by atoms with van der Waals surface area (Å²) in [5, 5.41) is 19.4. The summed E-state index contributed by atoms with van der Waals surface area (Å²) < 4.78 is 27.5. The maximum Gasteiger partial charge on any atom is 0.240 e. The molecule has 0 aliphatic rings. The zero-order valence-corrected chi connectivity index (χ0v) is 16.0. The van der Waals surface area contributed by atoms with Gasteiger partial charge >= 0.3 is 0 Å². The van der Waals surface area contributed by atoms with Crippen LogP contribution in [0.3, 0.4) is 0 Å². The molecule has 144 valence electrons. The van der Waals surface area contributed by atoms with Gasteiger partial charge in [-0.3, -0.25) is 4.99 Å². The molecule has 0 aromatic heterocycles. The highest BCUT2D eigenvalue weighted by Crippen LogP contribution is 2.28. The number of rotatable bonds is 6. The van der Waals surface area contributed by atoms with E-state index in [1.165, 1.54) is 12.3 Å². The van der Waals surface area contributed by atoms with Crippen LogP contribution in [-0.4, -0.2) is 24.8 Å². The van der Waals surface area contributed by atoms with Crippen LogP contribution >= 0.6 is 0 Å². The Morgan fingerprint density at radius 2 is 1.68 bits per heavy atom. The van der Waals surface area contributed by atoms with E-state index >= 15 is 0 Å². The minimum Gasteiger partial charge on any atom is -0.504 e. The second-order valence-corrected chi connectivity index (χ2v) is 8.01. The SMILES string of the molecule is Cc1ccc(S(=O)(=O)NCc2ccccc2N=Cc2cccc(O)c2O)cc1. The molecule has 0 saturated heterocycles. The number of aliphatic imine (C=N–C) groups is 1. The smallest absolute Gasteiger partial charge is 0.240 e. The Hall–Kier alpha value is -3.16. The van der Waals surface area contributed by atoms with Crippen LogP contribution < -0.4 is 4.72 Å². The molecule has 0 unspecified atom stereocenters. The Labute approximate surface area is 163 Å². The van der Waals surface area contributed by atoms with Crippen molar-refractivity contribution in [3.63, 3.8) is 0 Å². The lowest BCUT2D eigenvalue weighted by atomic mass is 10.1. The monoisotopic (exact) mass is 396 g/mol. The van der Waals surface area contributed by atoms with Gasteiger partial charge < -0.3 is 10.2 Å². The number of nitrogens with one attached hydrogen (secondary N) is 1. The van der Waals surface area contributed by atoms with E-state index in [-0.39, 0.29) is 22.9 Å². The van der Waals surface area contributed by atoms with Crippen LogP contribution in [0.1, 0.15) is 16.7 Å². The Morgan fingerprint density at radius 3 is 2.43 bits per heavy atom. The molecule has 7 heteroatoms. The van der Waals surface area contributed by atoms with E-state index in [1.807, 2.05) is 6.92 Å². The van der Waals surface area contributed by atoms with Crippen molar-refractivity contribution in [1.82, 2.24) is 4.72 Å². The molecule has 0 atom stereocenters. The predicted octanol–water partition coefficient (Wildman–Crippen LogP) is 3.64. The number of aryl methyl sites for hydroxylation is 1. The Balaban J connectivity index is 1.80. The molecule has 0 bridgehead atoms. The molecule has 0 amide bonds. The first-order chi connectivity index (χ1) is 13.4. The standard InChI is InChI=1S/C21H20N2O4S/c1-15-9-11-18(12-10-15)28(26,27)23-14-16-5-2-3-7-19(16)22-13-17-6-4-8-20(24)21(17)25/h2-13,23-25H,14H2,1H3. The van der Waals surface area contributed by atoms with Gasteiger partial charge in [0.15, 0.2) is 11.5 Å². The molecule has 28 heavy (non-hydrogen) atoms. The van der Waals surface area contributed by atoms with E-state index in [1.54, 1.807) is 60.7 Å². The topological polar surface area (TPSA) is 99.0 Å². The highest BCUT2D eigenvalue weighted by molar-refractivity contribution is 7.89. The third-order valence-electron chi connectivity index (χ3n) is 4.16. The lowest BCUT2D eigenvalue weighted by Crippen LogP contribution is -2.23. The number of benzene rings is 3. The highest BCUT2D eigenvalue weighted by atomic mass is 32.2. The number of phenols is 2. The number of phenolic OH excluding ortho intramolecular Hbond substituents is 2. The van der Waals surface area contributed by atoms with Crippen LogP contribution in [0.15, 0.2) is 76.6 Å². The van der Waals surface area contributed by atoms with Crippen molar-refractivity contribution in [2.45, 2.75) is 18.4 Å². The zero-order valence-electron chi connectivity index (χ0n) is 15.2. The second-order valence-electron chi connectivity index (χ2n) is 6.24. The van der Waals surface area contributed by atoms with Crippen molar-refractivity contribution in [3.8, 4) is 11.5 Å². The molecule has 0 aliphatic heterocycles. The summed E-state index contributed by atoms with van der Waals surface area (Å²) in [6.07, 6.45) is 1.42. The van der Waals surface area contributed by atoms with Gasteiger partial charge in [-0.05, 0) is 42.8 Å². The summed E-state index contributed by atoms with van der Waals surface area (Å²) in [7, 11) is -3.65. The van der Waals surface area contributed by atoms with Crippen LogP contribution in [0, 0.1) is 6.92 Å². The molecular weight excluding hydrogens is 376 g/mol. The Kier molecular flexibility index (Phi) is 5.77. The minimum atomic E-state index is -3.65. The van der Waals surface area contributed by atoms with E-state index in [9.17, 15) is 18.6 Å². The van der Waals surface area contributed by atoms with Crippen molar-refractivity contribution < 1.29 is 18.6 Å². The normalized spacial score (nSPS) is 11.8. The van der Waals surface area contributed by atoms with Crippen LogP contribution in [0.4, 0.5) is 5.69 Å². The van der Waals surface area contributed by atoms with Crippen LogP contribution in [0.5, 0.6) is 11.5 Å². The number of aromatic hydroxyl groups is 2. The predicted molar refractivity (Wildman–Crippen MR) is 109 cm³/mol. The average molecular weight is 396 g/mol. The van der Waals surface area contributed by atoms with Gasteiger partial charge in [0.1, 0.15) is 0 Å². The van der Waals surface area contributed by atoms with Gasteiger partial charge in [-0.1, -0.05) is 42.0 Å². The largest absolute Gasteiger partial charge is 0.504 e. The summed E-state index contributed by atoms with van der Waals surface area (Å²) in [6.45, 7) is 1.96. The van der Waals surface area contributed by atoms with Crippen LogP contribution in [0.2, 0.25) is 0 Å². The molecule has 0 fully saturated rings. The fourth-order valence-electron chi connectivity index (χ4n) is 2.55. The lowest BCUT2D eigenvalue weighted by Gasteiger charge is -2.09. The van der Waals surface area contributed by atoms with Gasteiger partial charge in [0.05, 0.1) is 10.6 Å². The maximum atomic E-state index is 12.5. The first kappa shape index (κ1) is 19.6. The van der Waals surface area contributed by atoms with Crippen LogP contribution in [-0.2, 0) is 16.6 Å². The number of sulfonamides is 1. The lowest BCUT2D eigenvalue weighted by molar-refractivity contribution is 0.403. The molecular formula is C21H20N2O4S. The van der Waals surface area contributed by atoms with Crippen molar-refractivity contribution in [2.24, 2.45) is 4.99 Å². The molecule has 0 spiro atoms. The molecule has 3 N–H and O–H groups in total. The van der Waals surface area contributed by atoms with Crippen LogP contribution in [0.25, 0.3) is 0 Å². The Morgan fingerprint density at radius 1 is 0.964 bits per heavy atom. The number of hydrogen-bond acceptors (Lipinski definition) is 5. The maximum absolute atomic E-state index is 12.5. The fraction of sp³-hybridized carbons (Fsp3) is 0.0952. The first-order valence-corrected chi connectivity index (χ1v) is 10.0. The summed E-state index contributed by atoms with van der Waals surface area (Å²) in [5.74, 6) is -0.494. The summed E-state index contributed by atoms with van der Waals surface area (Å²) in [5.41, 5.74) is 2.56. The first-order valence-electron chi connectivity index (χ1n) is 8.56. The number of hydrogen-bond donors (Lipinski definition) is 3. The molecule has 3 aromatic rings. The molecule has 3 rings (SSSR count). The average Bonchev–Trinajstić information content (AvgIpc) is 2.68. The van der Waals surface area contributed by atoms with Crippen molar-refractivity contribution in [2.75, 3.05) is 0 Å². The van der Waals surface area contributed by atoms with Gasteiger partial charge in [-0.15, -0.1) is 0 Å². The summed E-state index contributed by atoms with van der Waals surface area (Å²) in [6, 6.07) is 18.3. The van der Waals surface area contributed by atoms with Gasteiger partial charge in [-0.25, -0.2) is 13.1 Å². The van der Waals surface area contributed by atoms with E-state index in [4.69, 9.17) is 0 Å². The van der Waals surface area contributed by atoms with Gasteiger partial charge in [0.25, 0.3) is 0 Å². The second kappa shape index (κ2) is 8.24. The van der Waals surface area contributed by atoms with E-state index < -0.39 is 10.0 Å². The van der Waals surface area contributed by atoms with Gasteiger partial charge in [0, 0.05) is 18.3 Å². The molecule has 0 saturated carbocycles. The fourth-order valence-corrected chi connectivity index (χ4v) is 3.56. The van der Waals surface area contributed by atoms with E-state index in [0.29, 0.717) is 16.8 Å². The molecule has 0 heterocycles. The molecule has 0 aliphatic carbocycles. The van der Waals surface area contributed by atoms with Gasteiger partial charge in [-0.2, -0.15) is 0 Å². The summed E-state index contributed by atoms with van der Waals surface area (Å²) >= 11 is 0. The number of para-hydroxylation sites is 2. The zero-order chi connectivity index (χ0) is 20.1. The molecule has 0 radical (unpaired) electrons. The highest BCUT2D eigenvalue weighted by Gasteiger charge is 2.14. The number of nitrogens with zero attached hydrogens (tertiary/aromatic N) is 1.